The normalized spacial score (nSPS) is 12.0. The molecule has 0 aliphatic rings. The number of rotatable bonds is 8. The Bertz CT molecular complexity index is 493. The molecule has 0 aliphatic heterocycles. The fourth-order valence-electron chi connectivity index (χ4n) is 1.97. The summed E-state index contributed by atoms with van der Waals surface area (Å²) in [5.74, 6) is -0.183. The molecule has 2 N–H and O–H groups in total. The second kappa shape index (κ2) is 8.33. The van der Waals surface area contributed by atoms with Crippen molar-refractivity contribution in [3.63, 3.8) is 0 Å². The molecular weight excluding hydrogens is 274 g/mol. The van der Waals surface area contributed by atoms with Gasteiger partial charge in [-0.3, -0.25) is 14.9 Å². The summed E-state index contributed by atoms with van der Waals surface area (Å²) in [4.78, 5) is 23.8. The monoisotopic (exact) mass is 295 g/mol. The van der Waals surface area contributed by atoms with Crippen LogP contribution in [0.25, 0.3) is 0 Å². The molecule has 0 heterocycles. The molecule has 116 valence electrons. The van der Waals surface area contributed by atoms with Crippen LogP contribution in [0.1, 0.15) is 18.4 Å². The van der Waals surface area contributed by atoms with Crippen molar-refractivity contribution in [3.8, 4) is 0 Å². The maximum absolute atomic E-state index is 12.1. The lowest BCUT2D eigenvalue weighted by Gasteiger charge is -2.21. The third-order valence-corrected chi connectivity index (χ3v) is 3.10. The first-order valence-electron chi connectivity index (χ1n) is 6.68. The summed E-state index contributed by atoms with van der Waals surface area (Å²) in [6.45, 7) is 0.855. The number of hydrogen-bond donors (Lipinski definition) is 1. The molecule has 0 fully saturated rings. The van der Waals surface area contributed by atoms with E-state index in [1.54, 1.807) is 26.3 Å². The first kappa shape index (κ1) is 17.1. The van der Waals surface area contributed by atoms with Crippen molar-refractivity contribution in [3.05, 3.63) is 39.9 Å². The Morgan fingerprint density at radius 1 is 1.52 bits per heavy atom. The van der Waals surface area contributed by atoms with Gasteiger partial charge in [0.15, 0.2) is 0 Å². The summed E-state index contributed by atoms with van der Waals surface area (Å²) >= 11 is 0. The molecule has 7 heteroatoms. The van der Waals surface area contributed by atoms with Gasteiger partial charge >= 0.3 is 0 Å². The minimum atomic E-state index is -0.580. The number of nitro benzene ring substituents is 1. The molecule has 1 rings (SSSR count). The van der Waals surface area contributed by atoms with Crippen LogP contribution in [-0.2, 0) is 16.1 Å². The fraction of sp³-hybridized carbons (Fsp3) is 0.500. The van der Waals surface area contributed by atoms with Crippen molar-refractivity contribution in [1.29, 1.82) is 0 Å². The van der Waals surface area contributed by atoms with E-state index >= 15 is 0 Å². The van der Waals surface area contributed by atoms with Crippen molar-refractivity contribution in [2.24, 2.45) is 5.73 Å². The summed E-state index contributed by atoms with van der Waals surface area (Å²) < 4.78 is 4.92. The summed E-state index contributed by atoms with van der Waals surface area (Å²) in [6.07, 6.45) is 1.26. The van der Waals surface area contributed by atoms with Crippen molar-refractivity contribution in [2.45, 2.75) is 25.4 Å². The Balaban J connectivity index is 2.59. The molecule has 0 aromatic heterocycles. The van der Waals surface area contributed by atoms with E-state index in [0.29, 0.717) is 31.6 Å². The molecule has 1 amide bonds. The van der Waals surface area contributed by atoms with Gasteiger partial charge in [-0.1, -0.05) is 12.1 Å². The minimum Gasteiger partial charge on any atom is -0.385 e. The van der Waals surface area contributed by atoms with Crippen LogP contribution in [-0.4, -0.2) is 42.5 Å². The number of carbonyl (C=O) groups is 1. The van der Waals surface area contributed by atoms with Gasteiger partial charge in [0.2, 0.25) is 5.91 Å². The van der Waals surface area contributed by atoms with Gasteiger partial charge in [-0.15, -0.1) is 0 Å². The van der Waals surface area contributed by atoms with E-state index in [1.807, 2.05) is 0 Å². The molecule has 1 aromatic carbocycles. The number of non-ortho nitro benzene ring substituents is 1. The number of nitrogens with zero attached hydrogens (tertiary/aromatic N) is 2. The molecule has 0 saturated heterocycles. The van der Waals surface area contributed by atoms with Gasteiger partial charge in [0, 0.05) is 39.4 Å². The lowest BCUT2D eigenvalue weighted by Crippen LogP contribution is -2.41. The zero-order valence-corrected chi connectivity index (χ0v) is 12.3. The summed E-state index contributed by atoms with van der Waals surface area (Å²) in [7, 11) is 3.24. The molecule has 0 spiro atoms. The highest BCUT2D eigenvalue weighted by Gasteiger charge is 2.18. The predicted octanol–water partition coefficient (Wildman–Crippen LogP) is 1.31. The van der Waals surface area contributed by atoms with Gasteiger partial charge in [0.1, 0.15) is 0 Å². The largest absolute Gasteiger partial charge is 0.385 e. The Morgan fingerprint density at radius 2 is 2.24 bits per heavy atom. The average Bonchev–Trinajstić information content (AvgIpc) is 2.46. The number of benzene rings is 1. The van der Waals surface area contributed by atoms with Crippen molar-refractivity contribution in [1.82, 2.24) is 4.90 Å². The Kier molecular flexibility index (Phi) is 6.77. The number of hydrogen-bond acceptors (Lipinski definition) is 5. The van der Waals surface area contributed by atoms with Gasteiger partial charge in [-0.25, -0.2) is 0 Å². The first-order valence-corrected chi connectivity index (χ1v) is 6.68. The van der Waals surface area contributed by atoms with Crippen LogP contribution in [0.4, 0.5) is 5.69 Å². The van der Waals surface area contributed by atoms with Gasteiger partial charge in [0.05, 0.1) is 11.0 Å². The number of ether oxygens (including phenoxy) is 1. The summed E-state index contributed by atoms with van der Waals surface area (Å²) in [6, 6.07) is 5.64. The smallest absolute Gasteiger partial charge is 0.269 e. The van der Waals surface area contributed by atoms with E-state index in [0.717, 1.165) is 0 Å². The number of nitrogens with two attached hydrogens (primary N) is 1. The average molecular weight is 295 g/mol. The zero-order chi connectivity index (χ0) is 15.8. The van der Waals surface area contributed by atoms with E-state index in [-0.39, 0.29) is 11.6 Å². The number of likely N-dealkylation sites (N-methyl/N-ethyl adjacent to an activating group) is 1. The fourth-order valence-corrected chi connectivity index (χ4v) is 1.97. The molecular formula is C14H21N3O4. The third-order valence-electron chi connectivity index (χ3n) is 3.10. The Morgan fingerprint density at radius 3 is 2.86 bits per heavy atom. The second-order valence-corrected chi connectivity index (χ2v) is 4.86. The van der Waals surface area contributed by atoms with Crippen LogP contribution in [0.5, 0.6) is 0 Å². The number of nitro groups is 1. The second-order valence-electron chi connectivity index (χ2n) is 4.86. The first-order chi connectivity index (χ1) is 9.95. The third kappa shape index (κ3) is 5.49. The van der Waals surface area contributed by atoms with Crippen molar-refractivity contribution in [2.75, 3.05) is 20.8 Å². The lowest BCUT2D eigenvalue weighted by atomic mass is 10.1. The summed E-state index contributed by atoms with van der Waals surface area (Å²) in [5, 5.41) is 10.7. The number of carbonyl (C=O) groups excluding carboxylic acids is 1. The van der Waals surface area contributed by atoms with Gasteiger partial charge in [-0.05, 0) is 18.4 Å². The van der Waals surface area contributed by atoms with E-state index in [1.165, 1.54) is 17.0 Å². The van der Waals surface area contributed by atoms with Crippen LogP contribution >= 0.6 is 0 Å². The Hall–Kier alpha value is -1.99. The van der Waals surface area contributed by atoms with Crippen molar-refractivity contribution < 1.29 is 14.5 Å². The highest BCUT2D eigenvalue weighted by molar-refractivity contribution is 5.81. The van der Waals surface area contributed by atoms with Gasteiger partial charge < -0.3 is 15.4 Å². The SMILES string of the molecule is COCCCC(N)C(=O)N(C)Cc1cccc([N+](=O)[O-])c1. The highest BCUT2D eigenvalue weighted by atomic mass is 16.6. The zero-order valence-electron chi connectivity index (χ0n) is 12.3. The lowest BCUT2D eigenvalue weighted by molar-refractivity contribution is -0.384. The topological polar surface area (TPSA) is 98.7 Å². The van der Waals surface area contributed by atoms with Crippen LogP contribution in [0.15, 0.2) is 24.3 Å². The maximum atomic E-state index is 12.1. The molecule has 21 heavy (non-hydrogen) atoms. The standard InChI is InChI=1S/C14H21N3O4/c1-16(14(18)13(15)7-4-8-21-2)10-11-5-3-6-12(9-11)17(19)20/h3,5-6,9,13H,4,7-8,10,15H2,1-2H3. The number of amides is 1. The quantitative estimate of drug-likeness (QED) is 0.443. The predicted molar refractivity (Wildman–Crippen MR) is 78.7 cm³/mol. The van der Waals surface area contributed by atoms with Crippen molar-refractivity contribution >= 4 is 11.6 Å². The minimum absolute atomic E-state index is 0.0118. The molecule has 0 bridgehead atoms. The molecule has 1 aromatic rings. The Labute approximate surface area is 123 Å². The summed E-state index contributed by atoms with van der Waals surface area (Å²) in [5.41, 5.74) is 6.55. The molecule has 7 nitrogen and oxygen atoms in total. The van der Waals surface area contributed by atoms with Gasteiger partial charge in [0.25, 0.3) is 5.69 Å². The van der Waals surface area contributed by atoms with Crippen LogP contribution in [0, 0.1) is 10.1 Å². The maximum Gasteiger partial charge on any atom is 0.269 e. The van der Waals surface area contributed by atoms with Crippen LogP contribution < -0.4 is 5.73 Å². The van der Waals surface area contributed by atoms with E-state index < -0.39 is 11.0 Å². The molecule has 1 unspecified atom stereocenters. The molecule has 0 saturated carbocycles. The van der Waals surface area contributed by atoms with E-state index in [9.17, 15) is 14.9 Å². The van der Waals surface area contributed by atoms with Crippen LogP contribution in [0.2, 0.25) is 0 Å². The highest BCUT2D eigenvalue weighted by Crippen LogP contribution is 2.14. The van der Waals surface area contributed by atoms with Gasteiger partial charge in [-0.2, -0.15) is 0 Å². The van der Waals surface area contributed by atoms with Crippen LogP contribution in [0.3, 0.4) is 0 Å². The molecule has 1 atom stereocenters. The number of methoxy groups -OCH3 is 1. The van der Waals surface area contributed by atoms with E-state index in [2.05, 4.69) is 0 Å². The molecule has 0 aliphatic carbocycles. The van der Waals surface area contributed by atoms with E-state index in [4.69, 9.17) is 10.5 Å². The molecule has 0 radical (unpaired) electrons.